The molecule has 1 saturated heterocycles. The summed E-state index contributed by atoms with van der Waals surface area (Å²) in [6.07, 6.45) is 3.56. The first kappa shape index (κ1) is 23.6. The van der Waals surface area contributed by atoms with E-state index >= 15 is 0 Å². The van der Waals surface area contributed by atoms with Crippen molar-refractivity contribution in [1.29, 1.82) is 0 Å². The zero-order chi connectivity index (χ0) is 25.5. The quantitative estimate of drug-likeness (QED) is 0.436. The van der Waals surface area contributed by atoms with Gasteiger partial charge in [0.15, 0.2) is 0 Å². The van der Waals surface area contributed by atoms with Crippen molar-refractivity contribution in [2.75, 3.05) is 25.5 Å². The van der Waals surface area contributed by atoms with Gasteiger partial charge in [-0.05, 0) is 53.8 Å². The van der Waals surface area contributed by atoms with Crippen LogP contribution in [0.4, 0.5) is 5.69 Å². The van der Waals surface area contributed by atoms with Crippen LogP contribution in [0.1, 0.15) is 29.2 Å². The molecule has 0 unspecified atom stereocenters. The molecule has 4 aromatic rings. The summed E-state index contributed by atoms with van der Waals surface area (Å²) in [7, 11) is 3.72. The first-order valence-electron chi connectivity index (χ1n) is 12.9. The fourth-order valence-electron chi connectivity index (χ4n) is 6.18. The number of hydrogen-bond acceptors (Lipinski definition) is 4. The van der Waals surface area contributed by atoms with Crippen molar-refractivity contribution in [2.24, 2.45) is 13.0 Å². The lowest BCUT2D eigenvalue weighted by Crippen LogP contribution is -2.47. The smallest absolute Gasteiger partial charge is 0.274 e. The van der Waals surface area contributed by atoms with Gasteiger partial charge < -0.3 is 19.2 Å². The van der Waals surface area contributed by atoms with Gasteiger partial charge in [0.25, 0.3) is 5.56 Å². The molecule has 1 fully saturated rings. The molecular formula is C30H32N4O3. The highest BCUT2D eigenvalue weighted by Crippen LogP contribution is 2.36. The number of aryl methyl sites for hydroxylation is 1. The summed E-state index contributed by atoms with van der Waals surface area (Å²) in [6, 6.07) is 19.8. The number of carbonyl (C=O) groups excluding carboxylic acids is 1. The van der Waals surface area contributed by atoms with E-state index in [1.807, 2.05) is 34.9 Å². The molecule has 1 amide bonds. The van der Waals surface area contributed by atoms with Crippen LogP contribution >= 0.6 is 0 Å². The predicted octanol–water partition coefficient (Wildman–Crippen LogP) is 4.15. The fraction of sp³-hybridized carbons (Fsp3) is 0.333. The molecule has 190 valence electrons. The maximum Gasteiger partial charge on any atom is 0.274 e. The second kappa shape index (κ2) is 9.56. The van der Waals surface area contributed by atoms with Crippen LogP contribution in [-0.4, -0.2) is 40.1 Å². The molecule has 2 aliphatic heterocycles. The summed E-state index contributed by atoms with van der Waals surface area (Å²) in [5.41, 5.74) is 4.82. The third-order valence-corrected chi connectivity index (χ3v) is 7.85. The molecule has 0 saturated carbocycles. The summed E-state index contributed by atoms with van der Waals surface area (Å²) >= 11 is 0. The van der Waals surface area contributed by atoms with Crippen molar-refractivity contribution in [1.82, 2.24) is 14.0 Å². The van der Waals surface area contributed by atoms with Crippen LogP contribution in [0.15, 0.2) is 71.7 Å². The van der Waals surface area contributed by atoms with Gasteiger partial charge in [-0.1, -0.05) is 30.3 Å². The van der Waals surface area contributed by atoms with Gasteiger partial charge in [0, 0.05) is 61.9 Å². The summed E-state index contributed by atoms with van der Waals surface area (Å²) < 4.78 is 9.28. The molecule has 4 heterocycles. The monoisotopic (exact) mass is 496 g/mol. The Morgan fingerprint density at radius 2 is 1.84 bits per heavy atom. The van der Waals surface area contributed by atoms with Crippen molar-refractivity contribution in [3.63, 3.8) is 0 Å². The number of methoxy groups -OCH3 is 1. The molecule has 2 aromatic heterocycles. The molecule has 7 nitrogen and oxygen atoms in total. The summed E-state index contributed by atoms with van der Waals surface area (Å²) in [5, 5.41) is 4.16. The fourth-order valence-corrected chi connectivity index (χ4v) is 6.18. The van der Waals surface area contributed by atoms with Gasteiger partial charge in [-0.3, -0.25) is 14.5 Å². The highest BCUT2D eigenvalue weighted by Gasteiger charge is 2.35. The molecule has 2 atom stereocenters. The molecule has 0 spiro atoms. The van der Waals surface area contributed by atoms with E-state index in [4.69, 9.17) is 4.74 Å². The molecule has 0 radical (unpaired) electrons. The Kier molecular flexibility index (Phi) is 6.08. The van der Waals surface area contributed by atoms with Gasteiger partial charge in [-0.25, -0.2) is 0 Å². The molecular weight excluding hydrogens is 464 g/mol. The molecule has 7 heteroatoms. The lowest BCUT2D eigenvalue weighted by molar-refractivity contribution is -0.115. The Labute approximate surface area is 216 Å². The Morgan fingerprint density at radius 3 is 2.65 bits per heavy atom. The summed E-state index contributed by atoms with van der Waals surface area (Å²) in [5.74, 6) is 1.29. The lowest BCUT2D eigenvalue weighted by atomic mass is 9.83. The second-order valence-corrected chi connectivity index (χ2v) is 10.4. The number of benzene rings is 2. The van der Waals surface area contributed by atoms with Crippen LogP contribution in [0.3, 0.4) is 0 Å². The van der Waals surface area contributed by atoms with Gasteiger partial charge in [-0.2, -0.15) is 0 Å². The van der Waals surface area contributed by atoms with Crippen LogP contribution in [0.5, 0.6) is 5.75 Å². The normalized spacial score (nSPS) is 19.0. The highest BCUT2D eigenvalue weighted by atomic mass is 16.5. The number of carbonyl (C=O) groups is 1. The van der Waals surface area contributed by atoms with Crippen LogP contribution in [-0.2, 0) is 31.4 Å². The Morgan fingerprint density at radius 1 is 1.03 bits per heavy atom. The number of amides is 1. The lowest BCUT2D eigenvalue weighted by Gasteiger charge is -2.43. The van der Waals surface area contributed by atoms with Crippen LogP contribution < -0.4 is 15.6 Å². The number of rotatable bonds is 6. The first-order valence-corrected chi connectivity index (χ1v) is 12.9. The SMILES string of the molecule is COc1ccc(CC(=O)Nc2ccc3n(c2=O)C[C@H]2C[C@@H]3CN(Cc3cn(C)c4ccccc34)C2)cc1. The van der Waals surface area contributed by atoms with E-state index < -0.39 is 0 Å². The van der Waals surface area contributed by atoms with Crippen molar-refractivity contribution >= 4 is 22.5 Å². The minimum Gasteiger partial charge on any atom is -0.497 e. The third kappa shape index (κ3) is 4.55. The maximum absolute atomic E-state index is 13.4. The molecule has 0 aliphatic carbocycles. The third-order valence-electron chi connectivity index (χ3n) is 7.85. The average Bonchev–Trinajstić information content (AvgIpc) is 3.21. The Balaban J connectivity index is 1.17. The Hall–Kier alpha value is -3.84. The number of likely N-dealkylation sites (tertiary alicyclic amines) is 1. The van der Waals surface area contributed by atoms with Gasteiger partial charge in [0.1, 0.15) is 11.4 Å². The molecule has 37 heavy (non-hydrogen) atoms. The molecule has 1 N–H and O–H groups in total. The minimum atomic E-state index is -0.194. The Bertz CT molecular complexity index is 1520. The highest BCUT2D eigenvalue weighted by molar-refractivity contribution is 5.92. The number of para-hydroxylation sites is 1. The largest absolute Gasteiger partial charge is 0.497 e. The number of nitrogens with one attached hydrogen (secondary N) is 1. The molecule has 6 rings (SSSR count). The van der Waals surface area contributed by atoms with E-state index in [0.717, 1.165) is 43.1 Å². The van der Waals surface area contributed by atoms with E-state index in [0.29, 0.717) is 24.1 Å². The number of aromatic nitrogens is 2. The first-order chi connectivity index (χ1) is 18.0. The number of anilines is 1. The van der Waals surface area contributed by atoms with Crippen molar-refractivity contribution in [2.45, 2.75) is 31.8 Å². The van der Waals surface area contributed by atoms with Crippen LogP contribution in [0.25, 0.3) is 10.9 Å². The number of nitrogens with zero attached hydrogens (tertiary/aromatic N) is 3. The van der Waals surface area contributed by atoms with Gasteiger partial charge >= 0.3 is 0 Å². The van der Waals surface area contributed by atoms with Crippen LogP contribution in [0.2, 0.25) is 0 Å². The number of fused-ring (bicyclic) bond motifs is 5. The van der Waals surface area contributed by atoms with E-state index in [2.05, 4.69) is 52.3 Å². The van der Waals surface area contributed by atoms with E-state index in [-0.39, 0.29) is 17.9 Å². The van der Waals surface area contributed by atoms with Gasteiger partial charge in [-0.15, -0.1) is 0 Å². The van der Waals surface area contributed by atoms with E-state index in [9.17, 15) is 9.59 Å². The second-order valence-electron chi connectivity index (χ2n) is 10.4. The minimum absolute atomic E-state index is 0.0993. The van der Waals surface area contributed by atoms with Crippen molar-refractivity contribution < 1.29 is 9.53 Å². The van der Waals surface area contributed by atoms with Crippen molar-refractivity contribution in [3.05, 3.63) is 94.0 Å². The van der Waals surface area contributed by atoms with E-state index in [1.54, 1.807) is 13.2 Å². The van der Waals surface area contributed by atoms with Crippen molar-refractivity contribution in [3.8, 4) is 5.75 Å². The molecule has 2 aliphatic rings. The topological polar surface area (TPSA) is 68.5 Å². The van der Waals surface area contributed by atoms with E-state index in [1.165, 1.54) is 16.5 Å². The van der Waals surface area contributed by atoms with Gasteiger partial charge in [0.2, 0.25) is 5.91 Å². The average molecular weight is 497 g/mol. The number of ether oxygens (including phenoxy) is 1. The number of piperidine rings is 1. The summed E-state index contributed by atoms with van der Waals surface area (Å²) in [4.78, 5) is 28.6. The number of pyridine rings is 1. The standard InChI is InChI=1S/C30H32N4O3/c1-32-17-23(25-5-3-4-6-28(25)32)19-33-15-21-13-22(18-33)27-12-11-26(30(36)34(27)16-21)31-29(35)14-20-7-9-24(37-2)10-8-20/h3-12,17,21-22H,13-16,18-19H2,1-2H3,(H,31,35)/t21-,22+/m0/s1. The molecule has 2 bridgehead atoms. The zero-order valence-electron chi connectivity index (χ0n) is 21.3. The van der Waals surface area contributed by atoms with Gasteiger partial charge in [0.05, 0.1) is 13.5 Å². The molecule has 2 aromatic carbocycles. The van der Waals surface area contributed by atoms with Crippen LogP contribution in [0, 0.1) is 5.92 Å². The maximum atomic E-state index is 13.4. The predicted molar refractivity (Wildman–Crippen MR) is 145 cm³/mol. The zero-order valence-corrected chi connectivity index (χ0v) is 21.3. The summed E-state index contributed by atoms with van der Waals surface area (Å²) in [6.45, 7) is 3.51. The number of hydrogen-bond donors (Lipinski definition) is 1.